The molecule has 0 aromatic heterocycles. The molecule has 1 saturated carbocycles. The van der Waals surface area contributed by atoms with Crippen molar-refractivity contribution in [2.75, 3.05) is 20.8 Å². The number of ether oxygens (including phenoxy) is 2. The fourth-order valence-corrected chi connectivity index (χ4v) is 2.73. The molecule has 0 aliphatic heterocycles. The van der Waals surface area contributed by atoms with E-state index in [9.17, 15) is 5.11 Å². The van der Waals surface area contributed by atoms with Crippen LogP contribution in [0.1, 0.15) is 25.7 Å². The summed E-state index contributed by atoms with van der Waals surface area (Å²) in [6.45, 7) is 0.154. The van der Waals surface area contributed by atoms with E-state index in [1.165, 1.54) is 0 Å². The van der Waals surface area contributed by atoms with Gasteiger partial charge in [0.15, 0.2) is 0 Å². The molecule has 0 radical (unpaired) electrons. The second kappa shape index (κ2) is 6.26. The first kappa shape index (κ1) is 14.2. The summed E-state index contributed by atoms with van der Waals surface area (Å²) in [7, 11) is 3.56. The van der Waals surface area contributed by atoms with Gasteiger partial charge in [0.25, 0.3) is 0 Å². The van der Waals surface area contributed by atoms with Crippen LogP contribution >= 0.6 is 0 Å². The van der Waals surface area contributed by atoms with Gasteiger partial charge in [-0.3, -0.25) is 0 Å². The minimum absolute atomic E-state index is 0.139. The van der Waals surface area contributed by atoms with Crippen molar-refractivity contribution in [2.45, 2.75) is 37.3 Å². The number of hydrogen-bond acceptors (Lipinski definition) is 4. The molecule has 106 valence electrons. The molecule has 2 unspecified atom stereocenters. The minimum Gasteiger partial charge on any atom is -0.497 e. The Kier molecular flexibility index (Phi) is 4.66. The Labute approximate surface area is 114 Å². The van der Waals surface area contributed by atoms with Crippen molar-refractivity contribution in [3.63, 3.8) is 0 Å². The van der Waals surface area contributed by atoms with E-state index < -0.39 is 0 Å². The van der Waals surface area contributed by atoms with Gasteiger partial charge in [-0.25, -0.2) is 0 Å². The first-order chi connectivity index (χ1) is 9.21. The lowest BCUT2D eigenvalue weighted by Crippen LogP contribution is -2.52. The van der Waals surface area contributed by atoms with Crippen LogP contribution in [0.3, 0.4) is 0 Å². The maximum absolute atomic E-state index is 9.57. The van der Waals surface area contributed by atoms with Crippen molar-refractivity contribution in [3.8, 4) is 11.5 Å². The number of nitrogens with one attached hydrogen (secondary N) is 1. The van der Waals surface area contributed by atoms with Crippen LogP contribution in [0.2, 0.25) is 0 Å². The Morgan fingerprint density at radius 3 is 2.89 bits per heavy atom. The molecular formula is C15H23NO3. The first-order valence-electron chi connectivity index (χ1n) is 6.82. The van der Waals surface area contributed by atoms with Crippen molar-refractivity contribution in [1.82, 2.24) is 5.32 Å². The SMILES string of the molecule is CNC1(CO)CCCC(Oc2cccc(OC)c2)C1. The van der Waals surface area contributed by atoms with Crippen molar-refractivity contribution in [2.24, 2.45) is 0 Å². The second-order valence-electron chi connectivity index (χ2n) is 5.20. The van der Waals surface area contributed by atoms with Gasteiger partial charge < -0.3 is 19.9 Å². The molecule has 2 N–H and O–H groups in total. The molecule has 0 heterocycles. The van der Waals surface area contributed by atoms with Crippen LogP contribution in [0.5, 0.6) is 11.5 Å². The fourth-order valence-electron chi connectivity index (χ4n) is 2.73. The average Bonchev–Trinajstić information content (AvgIpc) is 2.47. The van der Waals surface area contributed by atoms with Gasteiger partial charge in [0.1, 0.15) is 17.6 Å². The third-order valence-electron chi connectivity index (χ3n) is 3.98. The summed E-state index contributed by atoms with van der Waals surface area (Å²) in [5, 5.41) is 12.8. The third kappa shape index (κ3) is 3.39. The first-order valence-corrected chi connectivity index (χ1v) is 6.82. The zero-order valence-corrected chi connectivity index (χ0v) is 11.7. The van der Waals surface area contributed by atoms with Crippen LogP contribution in [-0.4, -0.2) is 37.5 Å². The number of rotatable bonds is 5. The fraction of sp³-hybridized carbons (Fsp3) is 0.600. The summed E-state index contributed by atoms with van der Waals surface area (Å²) >= 11 is 0. The van der Waals surface area contributed by atoms with Crippen LogP contribution < -0.4 is 14.8 Å². The summed E-state index contributed by atoms with van der Waals surface area (Å²) in [5.41, 5.74) is -0.193. The highest BCUT2D eigenvalue weighted by atomic mass is 16.5. The largest absolute Gasteiger partial charge is 0.497 e. The zero-order valence-electron chi connectivity index (χ0n) is 11.7. The van der Waals surface area contributed by atoms with Gasteiger partial charge in [-0.05, 0) is 38.4 Å². The molecule has 0 spiro atoms. The predicted molar refractivity (Wildman–Crippen MR) is 74.8 cm³/mol. The second-order valence-corrected chi connectivity index (χ2v) is 5.20. The summed E-state index contributed by atoms with van der Waals surface area (Å²) in [6.07, 6.45) is 4.06. The maximum atomic E-state index is 9.57. The van der Waals surface area contributed by atoms with Gasteiger partial charge in [-0.2, -0.15) is 0 Å². The topological polar surface area (TPSA) is 50.7 Å². The number of methoxy groups -OCH3 is 1. The molecule has 1 aliphatic rings. The summed E-state index contributed by atoms with van der Waals surface area (Å²) in [5.74, 6) is 1.63. The van der Waals surface area contributed by atoms with Gasteiger partial charge in [-0.1, -0.05) is 6.07 Å². The highest BCUT2D eigenvalue weighted by molar-refractivity contribution is 5.33. The van der Waals surface area contributed by atoms with Gasteiger partial charge in [-0.15, -0.1) is 0 Å². The maximum Gasteiger partial charge on any atom is 0.123 e. The molecule has 1 fully saturated rings. The summed E-state index contributed by atoms with van der Waals surface area (Å²) in [6, 6.07) is 7.67. The smallest absolute Gasteiger partial charge is 0.123 e. The van der Waals surface area contributed by atoms with Crippen LogP contribution in [0.4, 0.5) is 0 Å². The predicted octanol–water partition coefficient (Wildman–Crippen LogP) is 1.97. The molecular weight excluding hydrogens is 242 g/mol. The lowest BCUT2D eigenvalue weighted by molar-refractivity contribution is 0.0553. The Balaban J connectivity index is 2.02. The molecule has 0 amide bonds. The van der Waals surface area contributed by atoms with E-state index in [1.54, 1.807) is 7.11 Å². The average molecular weight is 265 g/mol. The number of likely N-dealkylation sites (N-methyl/N-ethyl adjacent to an activating group) is 1. The zero-order chi connectivity index (χ0) is 13.7. The monoisotopic (exact) mass is 265 g/mol. The van der Waals surface area contributed by atoms with E-state index in [2.05, 4.69) is 5.32 Å². The van der Waals surface area contributed by atoms with Gasteiger partial charge >= 0.3 is 0 Å². The molecule has 0 bridgehead atoms. The van der Waals surface area contributed by atoms with E-state index in [0.717, 1.165) is 37.2 Å². The molecule has 4 nitrogen and oxygen atoms in total. The lowest BCUT2D eigenvalue weighted by Gasteiger charge is -2.39. The third-order valence-corrected chi connectivity index (χ3v) is 3.98. The number of aliphatic hydroxyl groups excluding tert-OH is 1. The molecule has 2 atom stereocenters. The Hall–Kier alpha value is -1.26. The van der Waals surface area contributed by atoms with E-state index in [4.69, 9.17) is 9.47 Å². The van der Waals surface area contributed by atoms with E-state index >= 15 is 0 Å². The Morgan fingerprint density at radius 2 is 2.21 bits per heavy atom. The molecule has 1 aromatic rings. The molecule has 1 aliphatic carbocycles. The van der Waals surface area contributed by atoms with E-state index in [0.29, 0.717) is 0 Å². The standard InChI is InChI=1S/C15H23NO3/c1-16-15(11-17)8-4-7-14(10-15)19-13-6-3-5-12(9-13)18-2/h3,5-6,9,14,16-17H,4,7-8,10-11H2,1-2H3. The highest BCUT2D eigenvalue weighted by Gasteiger charge is 2.35. The van der Waals surface area contributed by atoms with Crippen LogP contribution in [-0.2, 0) is 0 Å². The van der Waals surface area contributed by atoms with Gasteiger partial charge in [0.2, 0.25) is 0 Å². The van der Waals surface area contributed by atoms with Crippen molar-refractivity contribution < 1.29 is 14.6 Å². The van der Waals surface area contributed by atoms with Crippen LogP contribution in [0, 0.1) is 0 Å². The normalized spacial score (nSPS) is 27.0. The highest BCUT2D eigenvalue weighted by Crippen LogP contribution is 2.31. The molecule has 0 saturated heterocycles. The lowest BCUT2D eigenvalue weighted by atomic mass is 9.81. The summed E-state index contributed by atoms with van der Waals surface area (Å²) in [4.78, 5) is 0. The van der Waals surface area contributed by atoms with Gasteiger partial charge in [0.05, 0.1) is 13.7 Å². The number of aliphatic hydroxyl groups is 1. The van der Waals surface area contributed by atoms with Crippen molar-refractivity contribution >= 4 is 0 Å². The molecule has 19 heavy (non-hydrogen) atoms. The Bertz CT molecular complexity index is 404. The quantitative estimate of drug-likeness (QED) is 0.854. The molecule has 2 rings (SSSR count). The van der Waals surface area contributed by atoms with Crippen molar-refractivity contribution in [1.29, 1.82) is 0 Å². The molecule has 4 heteroatoms. The van der Waals surface area contributed by atoms with Crippen LogP contribution in [0.15, 0.2) is 24.3 Å². The molecule has 1 aromatic carbocycles. The van der Waals surface area contributed by atoms with Crippen molar-refractivity contribution in [3.05, 3.63) is 24.3 Å². The summed E-state index contributed by atoms with van der Waals surface area (Å²) < 4.78 is 11.2. The van der Waals surface area contributed by atoms with E-state index in [1.807, 2.05) is 31.3 Å². The number of hydrogen-bond donors (Lipinski definition) is 2. The van der Waals surface area contributed by atoms with Crippen LogP contribution in [0.25, 0.3) is 0 Å². The Morgan fingerprint density at radius 1 is 1.42 bits per heavy atom. The minimum atomic E-state index is -0.193. The number of benzene rings is 1. The van der Waals surface area contributed by atoms with E-state index in [-0.39, 0.29) is 18.2 Å². The van der Waals surface area contributed by atoms with Gasteiger partial charge in [0, 0.05) is 18.0 Å².